The van der Waals surface area contributed by atoms with Gasteiger partial charge in [0.2, 0.25) is 5.91 Å². The summed E-state index contributed by atoms with van der Waals surface area (Å²) in [4.78, 5) is 29.3. The number of likely N-dealkylation sites (tertiary alicyclic amines) is 1. The molecule has 0 atom stereocenters. The van der Waals surface area contributed by atoms with Crippen LogP contribution in [-0.4, -0.2) is 54.3 Å². The zero-order valence-electron chi connectivity index (χ0n) is 19.7. The van der Waals surface area contributed by atoms with Crippen LogP contribution in [0.4, 0.5) is 5.69 Å². The normalized spacial score (nSPS) is 14.2. The van der Waals surface area contributed by atoms with Crippen LogP contribution in [0.5, 0.6) is 0 Å². The minimum atomic E-state index is -0.0104. The van der Waals surface area contributed by atoms with E-state index in [0.29, 0.717) is 18.0 Å². The van der Waals surface area contributed by atoms with Gasteiger partial charge in [0.25, 0.3) is 5.91 Å². The Morgan fingerprint density at radius 1 is 1.06 bits per heavy atom. The van der Waals surface area contributed by atoms with Crippen molar-refractivity contribution in [3.8, 4) is 0 Å². The van der Waals surface area contributed by atoms with Crippen LogP contribution in [0.1, 0.15) is 53.2 Å². The fourth-order valence-electron chi connectivity index (χ4n) is 4.34. The minimum absolute atomic E-state index is 0. The molecule has 0 radical (unpaired) electrons. The SMILES string of the molecule is CCC(=O)Nc1c(C)cc(C(=O)N2CCC(N(C)CCc3ccccc3)CC2)cc1C.Cl. The molecule has 0 aromatic heterocycles. The second-order valence-corrected chi connectivity index (χ2v) is 8.63. The molecular weight excluding hydrogens is 422 g/mol. The second kappa shape index (κ2) is 12.0. The molecule has 0 aliphatic carbocycles. The maximum absolute atomic E-state index is 13.1. The van der Waals surface area contributed by atoms with E-state index in [1.165, 1.54) is 5.56 Å². The average Bonchev–Trinajstić information content (AvgIpc) is 2.79. The van der Waals surface area contributed by atoms with Crippen molar-refractivity contribution >= 4 is 29.9 Å². The Hall–Kier alpha value is -2.37. The van der Waals surface area contributed by atoms with Gasteiger partial charge in [0.1, 0.15) is 0 Å². The first-order valence-corrected chi connectivity index (χ1v) is 11.3. The fourth-order valence-corrected chi connectivity index (χ4v) is 4.34. The van der Waals surface area contributed by atoms with Gasteiger partial charge in [0.15, 0.2) is 0 Å². The van der Waals surface area contributed by atoms with E-state index in [-0.39, 0.29) is 24.2 Å². The quantitative estimate of drug-likeness (QED) is 0.646. The highest BCUT2D eigenvalue weighted by Crippen LogP contribution is 2.25. The molecule has 1 aliphatic heterocycles. The summed E-state index contributed by atoms with van der Waals surface area (Å²) in [6, 6.07) is 14.9. The molecule has 1 fully saturated rings. The van der Waals surface area contributed by atoms with E-state index in [4.69, 9.17) is 0 Å². The molecule has 3 rings (SSSR count). The first-order valence-electron chi connectivity index (χ1n) is 11.3. The number of nitrogens with zero attached hydrogens (tertiary/aromatic N) is 2. The molecule has 1 saturated heterocycles. The zero-order valence-corrected chi connectivity index (χ0v) is 20.5. The van der Waals surface area contributed by atoms with Crippen molar-refractivity contribution in [1.29, 1.82) is 0 Å². The van der Waals surface area contributed by atoms with E-state index in [0.717, 1.165) is 55.7 Å². The van der Waals surface area contributed by atoms with Gasteiger partial charge in [0.05, 0.1) is 0 Å². The van der Waals surface area contributed by atoms with Crippen molar-refractivity contribution in [2.24, 2.45) is 0 Å². The van der Waals surface area contributed by atoms with Crippen LogP contribution in [0.2, 0.25) is 0 Å². The topological polar surface area (TPSA) is 52.7 Å². The van der Waals surface area contributed by atoms with E-state index >= 15 is 0 Å². The van der Waals surface area contributed by atoms with Crippen LogP contribution in [0, 0.1) is 13.8 Å². The number of halogens is 1. The number of anilines is 1. The van der Waals surface area contributed by atoms with Crippen LogP contribution in [0.25, 0.3) is 0 Å². The standard InChI is InChI=1S/C26H35N3O2.ClH/c1-5-24(30)27-25-19(2)17-22(18-20(25)3)26(31)29-15-12-23(13-16-29)28(4)14-11-21-9-7-6-8-10-21;/h6-10,17-18,23H,5,11-16H2,1-4H3,(H,27,30);1H. The van der Waals surface area contributed by atoms with E-state index in [9.17, 15) is 9.59 Å². The highest BCUT2D eigenvalue weighted by molar-refractivity contribution is 5.97. The van der Waals surface area contributed by atoms with E-state index in [1.54, 1.807) is 0 Å². The third kappa shape index (κ3) is 6.57. The summed E-state index contributed by atoms with van der Waals surface area (Å²) in [7, 11) is 2.20. The van der Waals surface area contributed by atoms with Gasteiger partial charge in [-0.1, -0.05) is 37.3 Å². The molecule has 2 amide bonds. The molecule has 0 saturated carbocycles. The third-order valence-electron chi connectivity index (χ3n) is 6.34. The average molecular weight is 458 g/mol. The van der Waals surface area contributed by atoms with Crippen molar-refractivity contribution in [3.63, 3.8) is 0 Å². The largest absolute Gasteiger partial charge is 0.339 e. The number of hydrogen-bond acceptors (Lipinski definition) is 3. The molecule has 6 heteroatoms. The highest BCUT2D eigenvalue weighted by atomic mass is 35.5. The summed E-state index contributed by atoms with van der Waals surface area (Å²) in [5.41, 5.74) is 4.76. The Kier molecular flexibility index (Phi) is 9.73. The summed E-state index contributed by atoms with van der Waals surface area (Å²) in [6.07, 6.45) is 3.49. The maximum Gasteiger partial charge on any atom is 0.253 e. The predicted octanol–water partition coefficient (Wildman–Crippen LogP) is 4.85. The number of rotatable bonds is 7. The van der Waals surface area contributed by atoms with Gasteiger partial charge < -0.3 is 15.1 Å². The van der Waals surface area contributed by atoms with Crippen molar-refractivity contribution < 1.29 is 9.59 Å². The maximum atomic E-state index is 13.1. The number of benzene rings is 2. The summed E-state index contributed by atoms with van der Waals surface area (Å²) in [5.74, 6) is 0.0775. The lowest BCUT2D eigenvalue weighted by atomic mass is 10.00. The van der Waals surface area contributed by atoms with Crippen LogP contribution < -0.4 is 5.32 Å². The summed E-state index contributed by atoms with van der Waals surface area (Å²) in [5, 5.41) is 2.95. The molecule has 2 aromatic rings. The van der Waals surface area contributed by atoms with Crippen LogP contribution in [-0.2, 0) is 11.2 Å². The smallest absolute Gasteiger partial charge is 0.253 e. The predicted molar refractivity (Wildman–Crippen MR) is 134 cm³/mol. The lowest BCUT2D eigenvalue weighted by Crippen LogP contribution is -2.46. The fraction of sp³-hybridized carbons (Fsp3) is 0.462. The van der Waals surface area contributed by atoms with Crippen LogP contribution in [0.3, 0.4) is 0 Å². The van der Waals surface area contributed by atoms with Gasteiger partial charge in [-0.05, 0) is 69.0 Å². The Morgan fingerprint density at radius 3 is 2.22 bits per heavy atom. The summed E-state index contributed by atoms with van der Waals surface area (Å²) in [6.45, 7) is 8.33. The van der Waals surface area contributed by atoms with Crippen LogP contribution >= 0.6 is 12.4 Å². The molecule has 32 heavy (non-hydrogen) atoms. The molecule has 2 aromatic carbocycles. The van der Waals surface area contributed by atoms with Gasteiger partial charge in [0, 0.05) is 43.3 Å². The number of amides is 2. The molecular formula is C26H36ClN3O2. The minimum Gasteiger partial charge on any atom is -0.339 e. The van der Waals surface area contributed by atoms with Gasteiger partial charge in [-0.15, -0.1) is 12.4 Å². The number of hydrogen-bond donors (Lipinski definition) is 1. The van der Waals surface area contributed by atoms with E-state index in [2.05, 4.69) is 47.6 Å². The monoisotopic (exact) mass is 457 g/mol. The molecule has 174 valence electrons. The number of likely N-dealkylation sites (N-methyl/N-ethyl adjacent to an activating group) is 1. The van der Waals surface area contributed by atoms with Gasteiger partial charge in [-0.3, -0.25) is 9.59 Å². The molecule has 0 unspecified atom stereocenters. The molecule has 0 spiro atoms. The highest BCUT2D eigenvalue weighted by Gasteiger charge is 2.26. The lowest BCUT2D eigenvalue weighted by Gasteiger charge is -2.37. The third-order valence-corrected chi connectivity index (χ3v) is 6.34. The van der Waals surface area contributed by atoms with Crippen molar-refractivity contribution in [1.82, 2.24) is 9.80 Å². The number of aryl methyl sites for hydroxylation is 2. The van der Waals surface area contributed by atoms with Crippen LogP contribution in [0.15, 0.2) is 42.5 Å². The van der Waals surface area contributed by atoms with Gasteiger partial charge >= 0.3 is 0 Å². The molecule has 1 heterocycles. The Labute approximate surface area is 198 Å². The lowest BCUT2D eigenvalue weighted by molar-refractivity contribution is -0.115. The Bertz CT molecular complexity index is 886. The van der Waals surface area contributed by atoms with E-state index < -0.39 is 0 Å². The van der Waals surface area contributed by atoms with E-state index in [1.807, 2.05) is 37.8 Å². The number of carbonyl (C=O) groups excluding carboxylic acids is 2. The Morgan fingerprint density at radius 2 is 1.66 bits per heavy atom. The second-order valence-electron chi connectivity index (χ2n) is 8.63. The molecule has 1 aliphatic rings. The summed E-state index contributed by atoms with van der Waals surface area (Å²) >= 11 is 0. The molecule has 5 nitrogen and oxygen atoms in total. The number of carbonyl (C=O) groups is 2. The number of piperidine rings is 1. The summed E-state index contributed by atoms with van der Waals surface area (Å²) < 4.78 is 0. The Balaban J connectivity index is 0.00000363. The molecule has 0 bridgehead atoms. The first-order chi connectivity index (χ1) is 14.9. The van der Waals surface area contributed by atoms with Gasteiger partial charge in [-0.2, -0.15) is 0 Å². The van der Waals surface area contributed by atoms with Crippen molar-refractivity contribution in [2.75, 3.05) is 32.0 Å². The van der Waals surface area contributed by atoms with Gasteiger partial charge in [-0.25, -0.2) is 0 Å². The first kappa shape index (κ1) is 25.9. The number of nitrogens with one attached hydrogen (secondary N) is 1. The zero-order chi connectivity index (χ0) is 22.4. The molecule has 1 N–H and O–H groups in total. The van der Waals surface area contributed by atoms with Crippen molar-refractivity contribution in [2.45, 2.75) is 52.5 Å². The van der Waals surface area contributed by atoms with Crippen molar-refractivity contribution in [3.05, 3.63) is 64.7 Å².